The van der Waals surface area contributed by atoms with E-state index in [1.807, 2.05) is 5.32 Å². The van der Waals surface area contributed by atoms with Gasteiger partial charge >= 0.3 is 12.1 Å². The number of rotatable bonds is 5. The summed E-state index contributed by atoms with van der Waals surface area (Å²) in [4.78, 5) is 23.5. The molecule has 0 bridgehead atoms. The molecule has 4 fully saturated rings. The van der Waals surface area contributed by atoms with Gasteiger partial charge in [0.2, 0.25) is 0 Å². The molecule has 1 N–H and O–H groups in total. The van der Waals surface area contributed by atoms with Crippen LogP contribution in [-0.2, 0) is 20.4 Å². The molecule has 4 rings (SSSR count). The SMILES string of the molecule is C=C1C[C@@H]2[C@@H](CC[C@]3(C)C(=O)CC[C@@H]23)[C@@]2(C)CCC(S(=O)CCCNC(=O)C(F)(F)F)CC12. The molecule has 0 aromatic carbocycles. The Morgan fingerprint density at radius 2 is 1.91 bits per heavy atom. The molecule has 0 radical (unpaired) electrons. The number of nitrogens with one attached hydrogen (secondary N) is 1. The van der Waals surface area contributed by atoms with Crippen molar-refractivity contribution >= 4 is 22.5 Å². The predicted molar refractivity (Wildman–Crippen MR) is 122 cm³/mol. The fraction of sp³-hybridized carbons (Fsp3) is 0.840. The van der Waals surface area contributed by atoms with Crippen molar-refractivity contribution in [2.45, 2.75) is 83.1 Å². The second-order valence-electron chi connectivity index (χ2n) is 11.3. The monoisotopic (exact) mass is 487 g/mol. The van der Waals surface area contributed by atoms with E-state index in [0.717, 1.165) is 44.9 Å². The maximum Gasteiger partial charge on any atom is 0.471 e. The predicted octanol–water partition coefficient (Wildman–Crippen LogP) is 4.95. The lowest BCUT2D eigenvalue weighted by Crippen LogP contribution is -2.55. The zero-order chi connectivity index (χ0) is 24.2. The molecule has 33 heavy (non-hydrogen) atoms. The third-order valence-electron chi connectivity index (χ3n) is 9.72. The van der Waals surface area contributed by atoms with Crippen LogP contribution in [0, 0.1) is 34.5 Å². The van der Waals surface area contributed by atoms with E-state index in [2.05, 4.69) is 20.4 Å². The molecule has 1 amide bonds. The van der Waals surface area contributed by atoms with E-state index in [4.69, 9.17) is 0 Å². The van der Waals surface area contributed by atoms with E-state index in [9.17, 15) is 27.0 Å². The Balaban J connectivity index is 1.36. The Labute approximate surface area is 197 Å². The van der Waals surface area contributed by atoms with Crippen LogP contribution >= 0.6 is 0 Å². The number of allylic oxidation sites excluding steroid dienone is 1. The Hall–Kier alpha value is -1.18. The maximum absolute atomic E-state index is 12.9. The number of halogens is 3. The highest BCUT2D eigenvalue weighted by molar-refractivity contribution is 7.85. The molecule has 4 nitrogen and oxygen atoms in total. The van der Waals surface area contributed by atoms with E-state index in [1.54, 1.807) is 0 Å². The van der Waals surface area contributed by atoms with E-state index in [-0.39, 0.29) is 29.0 Å². The molecule has 0 aliphatic heterocycles. The first-order valence-corrected chi connectivity index (χ1v) is 13.7. The number of hydrogen-bond acceptors (Lipinski definition) is 3. The van der Waals surface area contributed by atoms with Crippen LogP contribution in [0.2, 0.25) is 0 Å². The summed E-state index contributed by atoms with van der Waals surface area (Å²) in [5.41, 5.74) is 1.20. The first-order valence-electron chi connectivity index (χ1n) is 12.3. The first-order chi connectivity index (χ1) is 15.4. The lowest BCUT2D eigenvalue weighted by atomic mass is 9.44. The Kier molecular flexibility index (Phi) is 6.64. The van der Waals surface area contributed by atoms with Gasteiger partial charge in [-0.15, -0.1) is 0 Å². The summed E-state index contributed by atoms with van der Waals surface area (Å²) >= 11 is 0. The van der Waals surface area contributed by atoms with Gasteiger partial charge < -0.3 is 5.32 Å². The van der Waals surface area contributed by atoms with Crippen molar-refractivity contribution < 1.29 is 27.0 Å². The summed E-state index contributed by atoms with van der Waals surface area (Å²) in [5, 5.41) is 1.88. The van der Waals surface area contributed by atoms with E-state index >= 15 is 0 Å². The molecule has 0 heterocycles. The molecular weight excluding hydrogens is 451 g/mol. The average Bonchev–Trinajstić information content (AvgIpc) is 3.05. The molecule has 0 spiro atoms. The van der Waals surface area contributed by atoms with E-state index < -0.39 is 22.9 Å². The van der Waals surface area contributed by atoms with Crippen LogP contribution in [-0.4, -0.2) is 39.6 Å². The number of carbonyl (C=O) groups is 2. The fourth-order valence-electron chi connectivity index (χ4n) is 7.90. The summed E-state index contributed by atoms with van der Waals surface area (Å²) in [7, 11) is -1.13. The maximum atomic E-state index is 12.9. The molecule has 3 unspecified atom stereocenters. The van der Waals surface area contributed by atoms with Crippen molar-refractivity contribution in [2.75, 3.05) is 12.3 Å². The fourth-order valence-corrected chi connectivity index (χ4v) is 9.45. The smallest absolute Gasteiger partial charge is 0.348 e. The summed E-state index contributed by atoms with van der Waals surface area (Å²) in [6.45, 7) is 8.90. The molecule has 0 aromatic rings. The van der Waals surface area contributed by atoms with Gasteiger partial charge in [0.25, 0.3) is 0 Å². The number of hydrogen-bond donors (Lipinski definition) is 1. The second kappa shape index (κ2) is 8.80. The number of ketones is 1. The van der Waals surface area contributed by atoms with Crippen molar-refractivity contribution in [3.05, 3.63) is 12.2 Å². The van der Waals surface area contributed by atoms with E-state index in [1.165, 1.54) is 5.57 Å². The Bertz CT molecular complexity index is 858. The van der Waals surface area contributed by atoms with Gasteiger partial charge in [0, 0.05) is 40.2 Å². The largest absolute Gasteiger partial charge is 0.471 e. The van der Waals surface area contributed by atoms with Gasteiger partial charge in [-0.05, 0) is 80.5 Å². The van der Waals surface area contributed by atoms with Crippen LogP contribution in [0.5, 0.6) is 0 Å². The Morgan fingerprint density at radius 3 is 2.61 bits per heavy atom. The van der Waals surface area contributed by atoms with Gasteiger partial charge in [-0.1, -0.05) is 26.0 Å². The standard InChI is InChI=1S/C25H36F3NO3S/c1-15-13-17-18-5-6-21(30)24(18,3)10-8-19(17)23(2)9-7-16(14-20(15)23)33(32)12-4-11-29-22(31)25(26,27)28/h16-20H,1,4-14H2,2-3H3,(H,29,31)/t16?,17-,18-,19+,20?,23+,24-,33?/m0/s1. The molecular formula is C25H36F3NO3S. The third kappa shape index (κ3) is 4.34. The number of fused-ring (bicyclic) bond motifs is 5. The molecule has 4 saturated carbocycles. The van der Waals surface area contributed by atoms with Crippen molar-refractivity contribution in [2.24, 2.45) is 34.5 Å². The van der Waals surface area contributed by atoms with Crippen LogP contribution in [0.4, 0.5) is 13.2 Å². The third-order valence-corrected chi connectivity index (χ3v) is 11.6. The number of carbonyl (C=O) groups excluding carboxylic acids is 2. The molecule has 0 aromatic heterocycles. The summed E-state index contributed by atoms with van der Waals surface area (Å²) in [6, 6.07) is 0. The molecule has 4 aliphatic rings. The topological polar surface area (TPSA) is 63.2 Å². The Morgan fingerprint density at radius 1 is 1.18 bits per heavy atom. The van der Waals surface area contributed by atoms with Gasteiger partial charge in [-0.3, -0.25) is 13.8 Å². The lowest BCUT2D eigenvalue weighted by molar-refractivity contribution is -0.173. The molecule has 8 heteroatoms. The normalized spacial score (nSPS) is 41.7. The van der Waals surface area contributed by atoms with E-state index in [0.29, 0.717) is 41.6 Å². The van der Waals surface area contributed by atoms with Crippen LogP contribution in [0.3, 0.4) is 0 Å². The van der Waals surface area contributed by atoms with Gasteiger partial charge in [0.1, 0.15) is 5.78 Å². The first kappa shape index (κ1) is 24.9. The van der Waals surface area contributed by atoms with Gasteiger partial charge in [-0.25, -0.2) is 0 Å². The summed E-state index contributed by atoms with van der Waals surface area (Å²) < 4.78 is 49.8. The minimum atomic E-state index is -4.88. The number of Topliss-reactive ketones (excluding diaryl/α,β-unsaturated/α-hetero) is 1. The molecule has 4 aliphatic carbocycles. The minimum absolute atomic E-state index is 0.0246. The van der Waals surface area contributed by atoms with Crippen LogP contribution < -0.4 is 5.32 Å². The van der Waals surface area contributed by atoms with Crippen LogP contribution in [0.1, 0.15) is 71.6 Å². The number of alkyl halides is 3. The zero-order valence-corrected chi connectivity index (χ0v) is 20.5. The van der Waals surface area contributed by atoms with Gasteiger partial charge in [0.15, 0.2) is 0 Å². The highest BCUT2D eigenvalue weighted by Gasteiger charge is 2.61. The molecule has 8 atom stereocenters. The highest BCUT2D eigenvalue weighted by Crippen LogP contribution is 2.66. The average molecular weight is 488 g/mol. The molecule has 186 valence electrons. The van der Waals surface area contributed by atoms with Crippen molar-refractivity contribution in [1.29, 1.82) is 0 Å². The van der Waals surface area contributed by atoms with Crippen LogP contribution in [0.15, 0.2) is 12.2 Å². The second-order valence-corrected chi connectivity index (χ2v) is 13.1. The van der Waals surface area contributed by atoms with Crippen molar-refractivity contribution in [1.82, 2.24) is 5.32 Å². The molecule has 0 saturated heterocycles. The summed E-state index contributed by atoms with van der Waals surface area (Å²) in [6.07, 6.45) is 2.78. The van der Waals surface area contributed by atoms with Gasteiger partial charge in [-0.2, -0.15) is 13.2 Å². The highest BCUT2D eigenvalue weighted by atomic mass is 32.2. The lowest BCUT2D eigenvalue weighted by Gasteiger charge is -2.60. The quantitative estimate of drug-likeness (QED) is 0.441. The minimum Gasteiger partial charge on any atom is -0.348 e. The zero-order valence-electron chi connectivity index (χ0n) is 19.6. The van der Waals surface area contributed by atoms with Gasteiger partial charge in [0.05, 0.1) is 0 Å². The number of amides is 1. The summed E-state index contributed by atoms with van der Waals surface area (Å²) in [5.74, 6) is 0.654. The van der Waals surface area contributed by atoms with Crippen molar-refractivity contribution in [3.63, 3.8) is 0 Å². The van der Waals surface area contributed by atoms with Crippen molar-refractivity contribution in [3.8, 4) is 0 Å². The van der Waals surface area contributed by atoms with Crippen LogP contribution in [0.25, 0.3) is 0 Å².